The van der Waals surface area contributed by atoms with Crippen molar-refractivity contribution in [1.29, 1.82) is 0 Å². The van der Waals surface area contributed by atoms with Crippen LogP contribution in [0.5, 0.6) is 0 Å². The number of β-lactam (4-membered cyclic amide) rings is 1. The molecule has 2 aliphatic heterocycles. The SMILES string of the molecule is CC(=O)OCC1=C(C(=O)O)N2C(=O)C(=NSc3ccc(C)cc3)C2SC1. The van der Waals surface area contributed by atoms with Gasteiger partial charge in [0.25, 0.3) is 5.91 Å². The summed E-state index contributed by atoms with van der Waals surface area (Å²) in [6, 6.07) is 7.75. The Morgan fingerprint density at radius 1 is 1.38 bits per heavy atom. The smallest absolute Gasteiger partial charge is 0.352 e. The van der Waals surface area contributed by atoms with Crippen LogP contribution in [0.3, 0.4) is 0 Å². The van der Waals surface area contributed by atoms with Crippen molar-refractivity contribution in [3.05, 3.63) is 41.1 Å². The first-order valence-electron chi connectivity index (χ1n) is 7.74. The highest BCUT2D eigenvalue weighted by Gasteiger charge is 2.51. The summed E-state index contributed by atoms with van der Waals surface area (Å²) in [5.74, 6) is -1.78. The molecule has 26 heavy (non-hydrogen) atoms. The number of carbonyl (C=O) groups excluding carboxylic acids is 2. The molecule has 0 aliphatic carbocycles. The van der Waals surface area contributed by atoms with Gasteiger partial charge >= 0.3 is 11.9 Å². The molecular formula is C17H16N2O5S2. The summed E-state index contributed by atoms with van der Waals surface area (Å²) in [4.78, 5) is 37.1. The van der Waals surface area contributed by atoms with Crippen molar-refractivity contribution in [1.82, 2.24) is 4.90 Å². The number of fused-ring (bicyclic) bond motifs is 1. The van der Waals surface area contributed by atoms with Gasteiger partial charge < -0.3 is 9.84 Å². The number of aryl methyl sites for hydroxylation is 1. The van der Waals surface area contributed by atoms with Gasteiger partial charge in [-0.05, 0) is 19.1 Å². The van der Waals surface area contributed by atoms with Gasteiger partial charge in [0.15, 0.2) is 0 Å². The topological polar surface area (TPSA) is 96.3 Å². The number of carboxylic acids is 1. The molecule has 0 aromatic heterocycles. The Labute approximate surface area is 158 Å². The lowest BCUT2D eigenvalue weighted by Crippen LogP contribution is -2.62. The summed E-state index contributed by atoms with van der Waals surface area (Å²) in [6.45, 7) is 3.10. The van der Waals surface area contributed by atoms with Crippen LogP contribution in [0.15, 0.2) is 44.8 Å². The molecular weight excluding hydrogens is 376 g/mol. The molecule has 3 rings (SSSR count). The van der Waals surface area contributed by atoms with Gasteiger partial charge in [0.05, 0.1) is 0 Å². The van der Waals surface area contributed by atoms with E-state index in [0.717, 1.165) is 10.5 Å². The lowest BCUT2D eigenvalue weighted by Gasteiger charge is -2.44. The largest absolute Gasteiger partial charge is 0.477 e. The lowest BCUT2D eigenvalue weighted by molar-refractivity contribution is -0.141. The minimum Gasteiger partial charge on any atom is -0.477 e. The highest BCUT2D eigenvalue weighted by molar-refractivity contribution is 8.01. The maximum Gasteiger partial charge on any atom is 0.352 e. The third kappa shape index (κ3) is 3.63. The third-order valence-corrected chi connectivity index (χ3v) is 5.86. The molecule has 0 bridgehead atoms. The molecule has 2 aliphatic rings. The Morgan fingerprint density at radius 2 is 2.08 bits per heavy atom. The van der Waals surface area contributed by atoms with Crippen LogP contribution in [0.1, 0.15) is 12.5 Å². The molecule has 0 spiro atoms. The predicted molar refractivity (Wildman–Crippen MR) is 98.9 cm³/mol. The normalized spacial score (nSPS) is 20.7. The van der Waals surface area contributed by atoms with Crippen LogP contribution >= 0.6 is 23.7 Å². The summed E-state index contributed by atoms with van der Waals surface area (Å²) in [5, 5.41) is 9.06. The van der Waals surface area contributed by atoms with E-state index in [1.165, 1.54) is 35.5 Å². The second-order valence-corrected chi connectivity index (χ2v) is 7.66. The number of hydrogen-bond acceptors (Lipinski definition) is 7. The maximum absolute atomic E-state index is 12.4. The number of carboxylic acid groups (broad SMARTS) is 1. The fourth-order valence-electron chi connectivity index (χ4n) is 2.52. The molecule has 9 heteroatoms. The molecule has 1 fully saturated rings. The summed E-state index contributed by atoms with van der Waals surface area (Å²) in [5.41, 5.74) is 1.77. The summed E-state index contributed by atoms with van der Waals surface area (Å²) in [7, 11) is 0. The number of thioether (sulfide) groups is 1. The number of hydrogen-bond donors (Lipinski definition) is 1. The maximum atomic E-state index is 12.4. The lowest BCUT2D eigenvalue weighted by atomic mass is 10.1. The second-order valence-electron chi connectivity index (χ2n) is 5.76. The quantitative estimate of drug-likeness (QED) is 0.466. The van der Waals surface area contributed by atoms with E-state index in [1.807, 2.05) is 31.2 Å². The molecule has 1 aromatic carbocycles. The molecule has 136 valence electrons. The number of nitrogens with zero attached hydrogens (tertiary/aromatic N) is 2. The first-order valence-corrected chi connectivity index (χ1v) is 9.56. The standard InChI is InChI=1S/C17H16N2O5S2/c1-9-3-5-12(6-4-9)26-18-13-15(21)19-14(17(22)23)11(7-24-10(2)20)8-25-16(13)19/h3-6,16H,7-8H2,1-2H3,(H,22,23). The fourth-order valence-corrected chi connectivity index (χ4v) is 4.47. The van der Waals surface area contributed by atoms with E-state index in [9.17, 15) is 19.5 Å². The summed E-state index contributed by atoms with van der Waals surface area (Å²) >= 11 is 2.58. The van der Waals surface area contributed by atoms with Crippen molar-refractivity contribution in [3.63, 3.8) is 0 Å². The average molecular weight is 392 g/mol. The first-order chi connectivity index (χ1) is 12.4. The number of benzene rings is 1. The number of carbonyl (C=O) groups is 3. The Morgan fingerprint density at radius 3 is 2.69 bits per heavy atom. The number of esters is 1. The van der Waals surface area contributed by atoms with Crippen LogP contribution < -0.4 is 0 Å². The van der Waals surface area contributed by atoms with E-state index in [0.29, 0.717) is 17.0 Å². The van der Waals surface area contributed by atoms with Crippen LogP contribution in [0.25, 0.3) is 0 Å². The Kier molecular flexibility index (Phi) is 5.38. The van der Waals surface area contributed by atoms with Gasteiger partial charge in [0.2, 0.25) is 0 Å². The van der Waals surface area contributed by atoms with E-state index in [4.69, 9.17) is 4.74 Å². The van der Waals surface area contributed by atoms with E-state index < -0.39 is 23.2 Å². The van der Waals surface area contributed by atoms with Gasteiger partial charge in [-0.3, -0.25) is 14.5 Å². The van der Waals surface area contributed by atoms with Crippen LogP contribution in [-0.2, 0) is 19.1 Å². The molecule has 0 saturated carbocycles. The minimum atomic E-state index is -1.21. The zero-order valence-corrected chi connectivity index (χ0v) is 15.7. The predicted octanol–water partition coefficient (Wildman–Crippen LogP) is 2.26. The highest BCUT2D eigenvalue weighted by Crippen LogP contribution is 2.40. The van der Waals surface area contributed by atoms with Gasteiger partial charge in [0.1, 0.15) is 23.4 Å². The molecule has 0 radical (unpaired) electrons. The molecule has 1 N–H and O–H groups in total. The van der Waals surface area contributed by atoms with Crippen LogP contribution in [0.4, 0.5) is 0 Å². The Bertz CT molecular complexity index is 832. The molecule has 1 atom stereocenters. The molecule has 7 nitrogen and oxygen atoms in total. The van der Waals surface area contributed by atoms with E-state index in [-0.39, 0.29) is 12.3 Å². The van der Waals surface area contributed by atoms with E-state index in [2.05, 4.69) is 4.40 Å². The van der Waals surface area contributed by atoms with Gasteiger partial charge in [-0.1, -0.05) is 17.7 Å². The summed E-state index contributed by atoms with van der Waals surface area (Å²) < 4.78 is 9.21. The molecule has 1 aromatic rings. The van der Waals surface area contributed by atoms with Gasteiger partial charge in [0, 0.05) is 35.1 Å². The van der Waals surface area contributed by atoms with Crippen molar-refractivity contribution in [3.8, 4) is 0 Å². The van der Waals surface area contributed by atoms with Crippen molar-refractivity contribution in [2.24, 2.45) is 4.40 Å². The van der Waals surface area contributed by atoms with E-state index in [1.54, 1.807) is 0 Å². The van der Waals surface area contributed by atoms with Crippen LogP contribution in [0, 0.1) is 6.92 Å². The number of rotatable bonds is 5. The molecule has 2 heterocycles. The fraction of sp³-hybridized carbons (Fsp3) is 0.294. The van der Waals surface area contributed by atoms with Crippen molar-refractivity contribution in [2.75, 3.05) is 12.4 Å². The zero-order valence-electron chi connectivity index (χ0n) is 14.1. The zero-order chi connectivity index (χ0) is 18.8. The number of ether oxygens (including phenoxy) is 1. The van der Waals surface area contributed by atoms with Crippen LogP contribution in [-0.4, -0.2) is 51.3 Å². The van der Waals surface area contributed by atoms with Crippen LogP contribution in [0.2, 0.25) is 0 Å². The second kappa shape index (κ2) is 7.55. The minimum absolute atomic E-state index is 0.112. The van der Waals surface area contributed by atoms with Gasteiger partial charge in [-0.25, -0.2) is 9.19 Å². The van der Waals surface area contributed by atoms with Crippen molar-refractivity contribution >= 4 is 47.3 Å². The third-order valence-electron chi connectivity index (χ3n) is 3.82. The monoisotopic (exact) mass is 392 g/mol. The summed E-state index contributed by atoms with van der Waals surface area (Å²) in [6.07, 6.45) is 0. The van der Waals surface area contributed by atoms with E-state index >= 15 is 0 Å². The average Bonchev–Trinajstić information content (AvgIpc) is 2.60. The van der Waals surface area contributed by atoms with Crippen molar-refractivity contribution < 1.29 is 24.2 Å². The Balaban J connectivity index is 1.78. The molecule has 1 saturated heterocycles. The molecule has 1 amide bonds. The highest BCUT2D eigenvalue weighted by atomic mass is 32.2. The van der Waals surface area contributed by atoms with Gasteiger partial charge in [-0.2, -0.15) is 0 Å². The number of aliphatic carboxylic acids is 1. The first kappa shape index (κ1) is 18.5. The number of amides is 1. The Hall–Kier alpha value is -2.26. The molecule has 1 unspecified atom stereocenters. The van der Waals surface area contributed by atoms with Crippen molar-refractivity contribution in [2.45, 2.75) is 24.1 Å². The van der Waals surface area contributed by atoms with Gasteiger partial charge in [-0.15, -0.1) is 11.8 Å².